The van der Waals surface area contributed by atoms with Gasteiger partial charge in [-0.15, -0.1) is 22.7 Å². The summed E-state index contributed by atoms with van der Waals surface area (Å²) in [6, 6.07) is 24.8. The predicted octanol–water partition coefficient (Wildman–Crippen LogP) is 6.51. The van der Waals surface area contributed by atoms with Gasteiger partial charge in [-0.25, -0.2) is 9.99 Å². The van der Waals surface area contributed by atoms with Gasteiger partial charge in [0.25, 0.3) is 0 Å². The molecule has 32 heavy (non-hydrogen) atoms. The number of anilines is 1. The zero-order valence-corrected chi connectivity index (χ0v) is 19.0. The maximum absolute atomic E-state index is 13.1. The number of thioether (sulfide) groups is 1. The predicted molar refractivity (Wildman–Crippen MR) is 133 cm³/mol. The van der Waals surface area contributed by atoms with Crippen molar-refractivity contribution in [2.45, 2.75) is 0 Å². The van der Waals surface area contributed by atoms with Crippen molar-refractivity contribution < 1.29 is 4.79 Å². The van der Waals surface area contributed by atoms with E-state index >= 15 is 0 Å². The lowest BCUT2D eigenvalue weighted by Gasteiger charge is -2.16. The number of carbonyl (C=O) groups is 1. The molecule has 3 heterocycles. The normalized spacial score (nSPS) is 14.7. The first-order valence-corrected chi connectivity index (χ1v) is 12.2. The smallest absolute Gasteiger partial charge is 0.220 e. The monoisotopic (exact) mass is 470 g/mol. The molecule has 0 saturated carbocycles. The molecule has 0 aliphatic carbocycles. The molecule has 0 bridgehead atoms. The first-order chi connectivity index (χ1) is 15.7. The number of rotatable bonds is 5. The molecule has 1 aliphatic heterocycles. The zero-order valence-electron chi connectivity index (χ0n) is 16.5. The molecule has 4 aromatic rings. The molecule has 2 aromatic carbocycles. The van der Waals surface area contributed by atoms with E-state index in [4.69, 9.17) is 4.98 Å². The zero-order chi connectivity index (χ0) is 21.9. The number of hydrazone groups is 1. The van der Waals surface area contributed by atoms with Crippen LogP contribution in [0.3, 0.4) is 0 Å². The molecule has 0 N–H and O–H groups in total. The van der Waals surface area contributed by atoms with E-state index in [1.54, 1.807) is 28.5 Å². The fourth-order valence-electron chi connectivity index (χ4n) is 3.11. The Morgan fingerprint density at radius 3 is 2.38 bits per heavy atom. The molecular weight excluding hydrogens is 456 g/mol. The minimum absolute atomic E-state index is 0.178. The first kappa shape index (κ1) is 20.4. The minimum Gasteiger partial charge on any atom is -0.286 e. The van der Waals surface area contributed by atoms with E-state index in [0.717, 1.165) is 16.3 Å². The molecule has 0 unspecified atom stereocenters. The van der Waals surface area contributed by atoms with Crippen LogP contribution in [0.2, 0.25) is 0 Å². The number of thiazole rings is 1. The van der Waals surface area contributed by atoms with E-state index in [0.29, 0.717) is 26.2 Å². The van der Waals surface area contributed by atoms with E-state index in [-0.39, 0.29) is 5.78 Å². The molecule has 1 aliphatic rings. The largest absolute Gasteiger partial charge is 0.286 e. The van der Waals surface area contributed by atoms with E-state index in [2.05, 4.69) is 11.2 Å². The second kappa shape index (κ2) is 8.93. The summed E-state index contributed by atoms with van der Waals surface area (Å²) in [6.07, 6.45) is 0. The topological polar surface area (TPSA) is 69.3 Å². The standard InChI is InChI=1S/C24H14N4OS3/c25-14-18(22-26-19(15-31-22)20-12-7-13-30-20)24-28(17-10-5-2-6-11-17)27-23(32-24)21(29)16-8-3-1-4-9-16/h1-13,15H/b24-18+. The van der Waals surface area contributed by atoms with Gasteiger partial charge in [-0.2, -0.15) is 10.4 Å². The first-order valence-electron chi connectivity index (χ1n) is 9.60. The lowest BCUT2D eigenvalue weighted by molar-refractivity contribution is 0.106. The van der Waals surface area contributed by atoms with Crippen LogP contribution >= 0.6 is 34.4 Å². The summed E-state index contributed by atoms with van der Waals surface area (Å²) in [5, 5.41) is 21.8. The maximum atomic E-state index is 13.1. The number of hydrogen-bond acceptors (Lipinski definition) is 8. The number of ketones is 1. The molecule has 0 saturated heterocycles. The van der Waals surface area contributed by atoms with Gasteiger partial charge in [0.2, 0.25) is 5.78 Å². The molecule has 2 aromatic heterocycles. The quantitative estimate of drug-likeness (QED) is 0.245. The third-order valence-corrected chi connectivity index (χ3v) is 7.41. The van der Waals surface area contributed by atoms with Crippen LogP contribution in [0.4, 0.5) is 5.69 Å². The second-order valence-electron chi connectivity index (χ2n) is 6.66. The van der Waals surface area contributed by atoms with E-state index in [9.17, 15) is 10.1 Å². The maximum Gasteiger partial charge on any atom is 0.220 e. The Kier molecular flexibility index (Phi) is 5.69. The number of hydrogen-bond donors (Lipinski definition) is 0. The molecule has 0 fully saturated rings. The molecule has 5 rings (SSSR count). The number of benzene rings is 2. The third-order valence-electron chi connectivity index (χ3n) is 4.62. The molecule has 0 amide bonds. The highest BCUT2D eigenvalue weighted by Crippen LogP contribution is 2.41. The van der Waals surface area contributed by atoms with Crippen LogP contribution in [0.5, 0.6) is 0 Å². The number of allylic oxidation sites excluding steroid dienone is 1. The Balaban J connectivity index is 1.59. The summed E-state index contributed by atoms with van der Waals surface area (Å²) >= 11 is 4.22. The average molecular weight is 471 g/mol. The van der Waals surface area contributed by atoms with Gasteiger partial charge in [-0.05, 0) is 35.3 Å². The van der Waals surface area contributed by atoms with Crippen molar-refractivity contribution in [1.82, 2.24) is 4.98 Å². The highest BCUT2D eigenvalue weighted by Gasteiger charge is 2.32. The van der Waals surface area contributed by atoms with Crippen molar-refractivity contribution in [1.29, 1.82) is 5.26 Å². The lowest BCUT2D eigenvalue weighted by atomic mass is 10.1. The van der Waals surface area contributed by atoms with Crippen LogP contribution in [-0.2, 0) is 0 Å². The Labute approximate surface area is 197 Å². The van der Waals surface area contributed by atoms with Gasteiger partial charge < -0.3 is 0 Å². The van der Waals surface area contributed by atoms with Gasteiger partial charge in [-0.1, -0.05) is 54.6 Å². The average Bonchev–Trinajstić information content (AvgIpc) is 3.61. The summed E-state index contributed by atoms with van der Waals surface area (Å²) < 4.78 is 0. The second-order valence-corrected chi connectivity index (χ2v) is 9.44. The summed E-state index contributed by atoms with van der Waals surface area (Å²) in [6.45, 7) is 0. The Bertz CT molecular complexity index is 1370. The van der Waals surface area contributed by atoms with Gasteiger partial charge in [0, 0.05) is 10.9 Å². The molecule has 0 spiro atoms. The summed E-state index contributed by atoms with van der Waals surface area (Å²) in [5.74, 6) is -0.178. The van der Waals surface area contributed by atoms with Crippen LogP contribution in [0.1, 0.15) is 15.4 Å². The minimum atomic E-state index is -0.178. The SMILES string of the molecule is N#C/C(=C1\SC(C(=O)c2ccccc2)=NN1c1ccccc1)c1nc(-c2cccs2)cs1. The van der Waals surface area contributed by atoms with Crippen LogP contribution < -0.4 is 5.01 Å². The fraction of sp³-hybridized carbons (Fsp3) is 0. The van der Waals surface area contributed by atoms with Crippen molar-refractivity contribution in [3.05, 3.63) is 99.2 Å². The lowest BCUT2D eigenvalue weighted by Crippen LogP contribution is -2.11. The fourth-order valence-corrected chi connectivity index (χ4v) is 5.74. The third kappa shape index (κ3) is 3.89. The van der Waals surface area contributed by atoms with Crippen molar-refractivity contribution in [3.8, 4) is 16.6 Å². The Morgan fingerprint density at radius 2 is 1.69 bits per heavy atom. The highest BCUT2D eigenvalue weighted by atomic mass is 32.2. The van der Waals surface area contributed by atoms with Gasteiger partial charge in [0.1, 0.15) is 21.7 Å². The van der Waals surface area contributed by atoms with Crippen LogP contribution in [-0.4, -0.2) is 15.8 Å². The highest BCUT2D eigenvalue weighted by molar-refractivity contribution is 8.19. The van der Waals surface area contributed by atoms with Gasteiger partial charge >= 0.3 is 0 Å². The number of para-hydroxylation sites is 1. The Hall–Kier alpha value is -3.51. The number of thiophene rings is 1. The molecule has 8 heteroatoms. The molecule has 154 valence electrons. The number of aromatic nitrogens is 1. The van der Waals surface area contributed by atoms with Crippen molar-refractivity contribution >= 4 is 56.5 Å². The van der Waals surface area contributed by atoms with Crippen molar-refractivity contribution in [2.75, 3.05) is 5.01 Å². The van der Waals surface area contributed by atoms with Crippen LogP contribution in [0.15, 0.2) is 93.7 Å². The summed E-state index contributed by atoms with van der Waals surface area (Å²) in [7, 11) is 0. The van der Waals surface area contributed by atoms with E-state index < -0.39 is 0 Å². The summed E-state index contributed by atoms with van der Waals surface area (Å²) in [5.41, 5.74) is 2.56. The van der Waals surface area contributed by atoms with Gasteiger partial charge in [-0.3, -0.25) is 4.79 Å². The number of nitrogens with zero attached hydrogens (tertiary/aromatic N) is 4. The van der Waals surface area contributed by atoms with Crippen molar-refractivity contribution in [2.24, 2.45) is 5.10 Å². The molecule has 5 nitrogen and oxygen atoms in total. The molecular formula is C24H14N4OS3. The van der Waals surface area contributed by atoms with Gasteiger partial charge in [0.15, 0.2) is 5.04 Å². The van der Waals surface area contributed by atoms with E-state index in [1.165, 1.54) is 23.1 Å². The van der Waals surface area contributed by atoms with Gasteiger partial charge in [0.05, 0.1) is 16.3 Å². The van der Waals surface area contributed by atoms with E-state index in [1.807, 2.05) is 71.4 Å². The molecule has 0 atom stereocenters. The van der Waals surface area contributed by atoms with Crippen LogP contribution in [0.25, 0.3) is 16.1 Å². The van der Waals surface area contributed by atoms with Crippen molar-refractivity contribution in [3.63, 3.8) is 0 Å². The number of nitriles is 1. The number of carbonyl (C=O) groups excluding carboxylic acids is 1. The number of Topliss-reactive ketones (excluding diaryl/α,β-unsaturated/α-hetero) is 1. The summed E-state index contributed by atoms with van der Waals surface area (Å²) in [4.78, 5) is 18.8. The Morgan fingerprint density at radius 1 is 0.938 bits per heavy atom. The van der Waals surface area contributed by atoms with Crippen LogP contribution in [0, 0.1) is 11.3 Å². The molecule has 0 radical (unpaired) electrons.